The summed E-state index contributed by atoms with van der Waals surface area (Å²) in [4.78, 5) is 10.6. The number of aromatic nitrogens is 1. The van der Waals surface area contributed by atoms with Crippen LogP contribution in [-0.4, -0.2) is 62.1 Å². The van der Waals surface area contributed by atoms with Crippen molar-refractivity contribution in [2.75, 3.05) is 26.0 Å². The molecule has 0 spiro atoms. The summed E-state index contributed by atoms with van der Waals surface area (Å²) in [5.74, 6) is -5.26. The van der Waals surface area contributed by atoms with Crippen LogP contribution >= 0.6 is 0 Å². The molecule has 7 nitrogen and oxygen atoms in total. The number of nitrogens with one attached hydrogen (secondary N) is 1. The van der Waals surface area contributed by atoms with Crippen molar-refractivity contribution in [2.24, 2.45) is 5.16 Å². The number of pyridine rings is 1. The first kappa shape index (κ1) is 24.3. The first-order valence-corrected chi connectivity index (χ1v) is 12.1. The van der Waals surface area contributed by atoms with E-state index < -0.39 is 64.6 Å². The van der Waals surface area contributed by atoms with Gasteiger partial charge in [0.05, 0.1) is 30.5 Å². The minimum Gasteiger partial charge on any atom is -0.378 e. The second-order valence-electron chi connectivity index (χ2n) is 8.49. The van der Waals surface area contributed by atoms with Crippen molar-refractivity contribution in [3.63, 3.8) is 0 Å². The van der Waals surface area contributed by atoms with Crippen LogP contribution in [0.15, 0.2) is 35.6 Å². The van der Waals surface area contributed by atoms with Gasteiger partial charge in [-0.2, -0.15) is 0 Å². The van der Waals surface area contributed by atoms with Crippen molar-refractivity contribution in [3.8, 4) is 11.1 Å². The normalized spacial score (nSPS) is 24.3. The predicted molar refractivity (Wildman–Crippen MR) is 113 cm³/mol. The molecule has 1 unspecified atom stereocenters. The fourth-order valence-corrected chi connectivity index (χ4v) is 4.89. The van der Waals surface area contributed by atoms with Crippen molar-refractivity contribution in [2.45, 2.75) is 30.9 Å². The number of halogens is 5. The van der Waals surface area contributed by atoms with Gasteiger partial charge in [0.1, 0.15) is 30.2 Å². The van der Waals surface area contributed by atoms with E-state index >= 15 is 0 Å². The number of rotatable bonds is 5. The van der Waals surface area contributed by atoms with Crippen molar-refractivity contribution in [1.29, 1.82) is 0 Å². The van der Waals surface area contributed by atoms with Gasteiger partial charge in [-0.1, -0.05) is 11.2 Å². The van der Waals surface area contributed by atoms with Crippen LogP contribution < -0.4 is 4.72 Å². The highest BCUT2D eigenvalue weighted by molar-refractivity contribution is 7.88. The monoisotopic (exact) mass is 504 g/mol. The van der Waals surface area contributed by atoms with Gasteiger partial charge in [0.2, 0.25) is 15.6 Å². The standard InChI is InChI=1S/C21H21F5N4O3S/c1-12-6-13(18-14(23)4-3-5-15(18)24)19(27-8-12)20(10-22)7-17(28-33-20)30-9-16(21(25,26)11-30)29-34(2,31)32/h3-6,8,16,29H,7,9-11H2,1-2H3/t16-,20?/m1/s1. The lowest BCUT2D eigenvalue weighted by molar-refractivity contribution is -0.0435. The highest BCUT2D eigenvalue weighted by Gasteiger charge is 2.53. The van der Waals surface area contributed by atoms with Crippen molar-refractivity contribution < 1.29 is 35.2 Å². The first-order valence-electron chi connectivity index (χ1n) is 10.2. The number of aryl methyl sites for hydroxylation is 1. The van der Waals surface area contributed by atoms with Crippen LogP contribution in [0.1, 0.15) is 17.7 Å². The van der Waals surface area contributed by atoms with Gasteiger partial charge in [-0.25, -0.2) is 35.1 Å². The van der Waals surface area contributed by atoms with Crippen LogP contribution in [0.5, 0.6) is 0 Å². The molecule has 4 rings (SSSR count). The summed E-state index contributed by atoms with van der Waals surface area (Å²) >= 11 is 0. The number of amidine groups is 1. The maximum atomic E-state index is 14.6. The Bertz CT molecular complexity index is 1240. The Hall–Kier alpha value is -2.80. The minimum absolute atomic E-state index is 0.0481. The molecule has 2 atom stereocenters. The summed E-state index contributed by atoms with van der Waals surface area (Å²) in [7, 11) is -3.91. The number of sulfonamides is 1. The summed E-state index contributed by atoms with van der Waals surface area (Å²) in [6, 6.07) is 2.99. The fourth-order valence-electron chi connectivity index (χ4n) is 4.13. The summed E-state index contributed by atoms with van der Waals surface area (Å²) in [6.07, 6.45) is 1.78. The Labute approximate surface area is 192 Å². The van der Waals surface area contributed by atoms with E-state index in [9.17, 15) is 30.4 Å². The molecule has 2 aliphatic rings. The fraction of sp³-hybridized carbons (Fsp3) is 0.429. The maximum Gasteiger partial charge on any atom is 0.282 e. The van der Waals surface area contributed by atoms with E-state index in [1.807, 2.05) is 4.72 Å². The van der Waals surface area contributed by atoms with Crippen LogP contribution in [0.25, 0.3) is 11.1 Å². The number of nitrogens with zero attached hydrogens (tertiary/aromatic N) is 3. The van der Waals surface area contributed by atoms with E-state index in [-0.39, 0.29) is 23.5 Å². The second kappa shape index (κ2) is 8.45. The van der Waals surface area contributed by atoms with Crippen molar-refractivity contribution >= 4 is 15.9 Å². The number of hydrogen-bond acceptors (Lipinski definition) is 6. The van der Waals surface area contributed by atoms with Crippen molar-refractivity contribution in [1.82, 2.24) is 14.6 Å². The molecule has 1 aromatic heterocycles. The Kier molecular flexibility index (Phi) is 6.05. The molecule has 34 heavy (non-hydrogen) atoms. The van der Waals surface area contributed by atoms with E-state index in [2.05, 4.69) is 10.1 Å². The zero-order valence-corrected chi connectivity index (χ0v) is 19.0. The smallest absolute Gasteiger partial charge is 0.282 e. The number of oxime groups is 1. The molecule has 1 aromatic carbocycles. The average molecular weight is 504 g/mol. The lowest BCUT2D eigenvalue weighted by Gasteiger charge is -2.26. The van der Waals surface area contributed by atoms with Gasteiger partial charge in [0.15, 0.2) is 0 Å². The van der Waals surface area contributed by atoms with Crippen LogP contribution in [-0.2, 0) is 20.5 Å². The van der Waals surface area contributed by atoms with E-state index in [0.717, 1.165) is 23.3 Å². The predicted octanol–water partition coefficient (Wildman–Crippen LogP) is 3.10. The molecule has 0 radical (unpaired) electrons. The molecule has 0 amide bonds. The largest absolute Gasteiger partial charge is 0.378 e. The Balaban J connectivity index is 1.68. The third-order valence-corrected chi connectivity index (χ3v) is 6.42. The molecule has 0 bridgehead atoms. The molecule has 0 saturated carbocycles. The van der Waals surface area contributed by atoms with Gasteiger partial charge < -0.3 is 9.74 Å². The zero-order chi connectivity index (χ0) is 24.9. The topological polar surface area (TPSA) is 83.9 Å². The molecule has 1 fully saturated rings. The lowest BCUT2D eigenvalue weighted by atomic mass is 9.88. The highest BCUT2D eigenvalue weighted by Crippen LogP contribution is 2.42. The van der Waals surface area contributed by atoms with Crippen molar-refractivity contribution in [3.05, 3.63) is 53.4 Å². The number of hydrogen-bond donors (Lipinski definition) is 1. The van der Waals surface area contributed by atoms with Crippen LogP contribution in [0, 0.1) is 18.6 Å². The van der Waals surface area contributed by atoms with Gasteiger partial charge in [-0.3, -0.25) is 4.98 Å². The Morgan fingerprint density at radius 2 is 1.94 bits per heavy atom. The van der Waals surface area contributed by atoms with E-state index in [0.29, 0.717) is 5.56 Å². The quantitative estimate of drug-likeness (QED) is 0.633. The summed E-state index contributed by atoms with van der Waals surface area (Å²) < 4.78 is 97.3. The molecule has 13 heteroatoms. The minimum atomic E-state index is -3.91. The number of benzene rings is 1. The zero-order valence-electron chi connectivity index (χ0n) is 18.2. The highest BCUT2D eigenvalue weighted by atomic mass is 32.2. The first-order chi connectivity index (χ1) is 15.8. The number of likely N-dealkylation sites (tertiary alicyclic amines) is 1. The SMILES string of the molecule is Cc1cnc(C2(CF)CC(N3C[C@@H](NS(C)(=O)=O)C(F)(F)C3)=NO2)c(-c2c(F)cccc2F)c1. The van der Waals surface area contributed by atoms with Gasteiger partial charge in [-0.05, 0) is 30.7 Å². The number of alkyl halides is 3. The molecule has 0 aliphatic carbocycles. The molecule has 1 N–H and O–H groups in total. The van der Waals surface area contributed by atoms with Crippen LogP contribution in [0.3, 0.4) is 0 Å². The molecule has 1 saturated heterocycles. The van der Waals surface area contributed by atoms with Crippen LogP contribution in [0.4, 0.5) is 22.0 Å². The third kappa shape index (κ3) is 4.45. The van der Waals surface area contributed by atoms with Gasteiger partial charge in [0, 0.05) is 18.3 Å². The van der Waals surface area contributed by atoms with Crippen LogP contribution in [0.2, 0.25) is 0 Å². The summed E-state index contributed by atoms with van der Waals surface area (Å²) in [5, 5.41) is 3.78. The maximum absolute atomic E-state index is 14.6. The average Bonchev–Trinajstić information content (AvgIpc) is 3.29. The second-order valence-corrected chi connectivity index (χ2v) is 10.3. The molecule has 2 aromatic rings. The molecule has 184 valence electrons. The van der Waals surface area contributed by atoms with E-state index in [1.165, 1.54) is 18.3 Å². The third-order valence-electron chi connectivity index (χ3n) is 5.71. The van der Waals surface area contributed by atoms with Gasteiger partial charge in [-0.15, -0.1) is 0 Å². The Morgan fingerprint density at radius 3 is 2.56 bits per heavy atom. The molecular weight excluding hydrogens is 483 g/mol. The Morgan fingerprint density at radius 1 is 1.26 bits per heavy atom. The summed E-state index contributed by atoms with van der Waals surface area (Å²) in [5.41, 5.74) is -1.98. The summed E-state index contributed by atoms with van der Waals surface area (Å²) in [6.45, 7) is -0.879. The van der Waals surface area contributed by atoms with E-state index in [1.54, 1.807) is 6.92 Å². The lowest BCUT2D eigenvalue weighted by Crippen LogP contribution is -2.46. The molecule has 2 aliphatic heterocycles. The van der Waals surface area contributed by atoms with Gasteiger partial charge in [0.25, 0.3) is 5.92 Å². The molecule has 3 heterocycles. The van der Waals surface area contributed by atoms with Gasteiger partial charge >= 0.3 is 0 Å². The molecular formula is C21H21F5N4O3S. The van der Waals surface area contributed by atoms with E-state index in [4.69, 9.17) is 4.84 Å².